The van der Waals surface area contributed by atoms with Crippen LogP contribution in [0.3, 0.4) is 0 Å². The Bertz CT molecular complexity index is 227. The monoisotopic (exact) mass is 192 g/mol. The molecule has 0 aromatic rings. The summed E-state index contributed by atoms with van der Waals surface area (Å²) in [6, 6.07) is 4.59. The van der Waals surface area contributed by atoms with Gasteiger partial charge in [-0.05, 0) is 45.4 Å². The summed E-state index contributed by atoms with van der Waals surface area (Å²) in [5.74, 6) is 0.687. The zero-order valence-electron chi connectivity index (χ0n) is 9.24. The van der Waals surface area contributed by atoms with Crippen LogP contribution in [-0.4, -0.2) is 23.0 Å². The Hall–Kier alpha value is -0.550. The predicted octanol–water partition coefficient (Wildman–Crippen LogP) is 2.55. The third kappa shape index (κ3) is 1.66. The van der Waals surface area contributed by atoms with E-state index < -0.39 is 0 Å². The maximum Gasteiger partial charge on any atom is 0.0624 e. The van der Waals surface area contributed by atoms with Crippen molar-refractivity contribution in [3.8, 4) is 6.07 Å². The molecule has 0 aromatic heterocycles. The summed E-state index contributed by atoms with van der Waals surface area (Å²) in [6.45, 7) is 4.60. The van der Waals surface area contributed by atoms with Gasteiger partial charge < -0.3 is 0 Å². The van der Waals surface area contributed by atoms with Gasteiger partial charge in [-0.2, -0.15) is 5.26 Å². The van der Waals surface area contributed by atoms with Crippen LogP contribution in [0.1, 0.15) is 46.0 Å². The van der Waals surface area contributed by atoms with Gasteiger partial charge in [-0.3, -0.25) is 4.90 Å². The molecule has 14 heavy (non-hydrogen) atoms. The first-order valence-electron chi connectivity index (χ1n) is 5.86. The Morgan fingerprint density at radius 2 is 1.86 bits per heavy atom. The Balaban J connectivity index is 2.02. The summed E-state index contributed by atoms with van der Waals surface area (Å²) in [5, 5.41) is 8.72. The second-order valence-corrected chi connectivity index (χ2v) is 5.13. The highest BCUT2D eigenvalue weighted by molar-refractivity contribution is 4.97. The van der Waals surface area contributed by atoms with Crippen molar-refractivity contribution >= 4 is 0 Å². The molecule has 2 bridgehead atoms. The normalized spacial score (nSPS) is 37.4. The van der Waals surface area contributed by atoms with Crippen LogP contribution in [0.25, 0.3) is 0 Å². The standard InChI is InChI=1S/C12H20N2/c1-9(2)14-11-3-4-12(14)8-10(7-11)5-6-13/h9-12H,3-5,7-8H2,1-2H3. The predicted molar refractivity (Wildman–Crippen MR) is 56.7 cm³/mol. The molecular formula is C12H20N2. The van der Waals surface area contributed by atoms with Crippen molar-refractivity contribution in [3.05, 3.63) is 0 Å². The molecule has 0 amide bonds. The third-order valence-electron chi connectivity index (χ3n) is 3.86. The zero-order chi connectivity index (χ0) is 10.1. The lowest BCUT2D eigenvalue weighted by Gasteiger charge is -2.41. The molecule has 2 unspecified atom stereocenters. The number of hydrogen-bond acceptors (Lipinski definition) is 2. The van der Waals surface area contributed by atoms with E-state index in [4.69, 9.17) is 5.26 Å². The minimum Gasteiger partial charge on any atom is -0.295 e. The molecule has 0 aromatic carbocycles. The van der Waals surface area contributed by atoms with Crippen molar-refractivity contribution in [2.75, 3.05) is 0 Å². The minimum absolute atomic E-state index is 0.687. The molecule has 2 heterocycles. The fourth-order valence-corrected chi connectivity index (χ4v) is 3.47. The summed E-state index contributed by atoms with van der Waals surface area (Å²) in [7, 11) is 0. The van der Waals surface area contributed by atoms with E-state index in [1.807, 2.05) is 0 Å². The van der Waals surface area contributed by atoms with Gasteiger partial charge in [0.25, 0.3) is 0 Å². The van der Waals surface area contributed by atoms with E-state index in [-0.39, 0.29) is 0 Å². The summed E-state index contributed by atoms with van der Waals surface area (Å²) < 4.78 is 0. The Morgan fingerprint density at radius 3 is 2.29 bits per heavy atom. The van der Waals surface area contributed by atoms with Gasteiger partial charge >= 0.3 is 0 Å². The number of rotatable bonds is 2. The first-order chi connectivity index (χ1) is 6.72. The van der Waals surface area contributed by atoms with Crippen molar-refractivity contribution in [2.45, 2.75) is 64.1 Å². The first kappa shape index (κ1) is 9.98. The van der Waals surface area contributed by atoms with Crippen LogP contribution in [0.15, 0.2) is 0 Å². The van der Waals surface area contributed by atoms with Gasteiger partial charge in [0.1, 0.15) is 0 Å². The number of hydrogen-bond donors (Lipinski definition) is 0. The lowest BCUT2D eigenvalue weighted by molar-refractivity contribution is 0.0747. The summed E-state index contributed by atoms with van der Waals surface area (Å²) in [5.41, 5.74) is 0. The third-order valence-corrected chi connectivity index (χ3v) is 3.86. The van der Waals surface area contributed by atoms with Gasteiger partial charge in [0.2, 0.25) is 0 Å². The molecule has 2 aliphatic rings. The van der Waals surface area contributed by atoms with E-state index in [1.54, 1.807) is 0 Å². The Labute approximate surface area is 86.9 Å². The fourth-order valence-electron chi connectivity index (χ4n) is 3.47. The van der Waals surface area contributed by atoms with Crippen LogP contribution < -0.4 is 0 Å². The number of nitrogens with zero attached hydrogens (tertiary/aromatic N) is 2. The van der Waals surface area contributed by atoms with Crippen molar-refractivity contribution in [3.63, 3.8) is 0 Å². The highest BCUT2D eigenvalue weighted by Gasteiger charge is 2.41. The average Bonchev–Trinajstić information content (AvgIpc) is 2.39. The van der Waals surface area contributed by atoms with Gasteiger partial charge in [0.05, 0.1) is 6.07 Å². The molecule has 78 valence electrons. The second kappa shape index (κ2) is 3.90. The van der Waals surface area contributed by atoms with Gasteiger partial charge in [-0.15, -0.1) is 0 Å². The SMILES string of the molecule is CC(C)N1C2CCC1CC(CC#N)C2. The molecule has 0 spiro atoms. The van der Waals surface area contributed by atoms with Gasteiger partial charge in [0, 0.05) is 24.5 Å². The van der Waals surface area contributed by atoms with Crippen LogP contribution in [0, 0.1) is 17.2 Å². The molecule has 2 nitrogen and oxygen atoms in total. The zero-order valence-corrected chi connectivity index (χ0v) is 9.24. The first-order valence-corrected chi connectivity index (χ1v) is 5.86. The summed E-state index contributed by atoms with van der Waals surface area (Å²) in [6.07, 6.45) is 6.04. The number of fused-ring (bicyclic) bond motifs is 2. The molecule has 0 saturated carbocycles. The van der Waals surface area contributed by atoms with Crippen molar-refractivity contribution in [1.29, 1.82) is 5.26 Å². The molecule has 2 rings (SSSR count). The molecule has 0 N–H and O–H groups in total. The molecule has 0 aliphatic carbocycles. The van der Waals surface area contributed by atoms with Gasteiger partial charge in [0.15, 0.2) is 0 Å². The topological polar surface area (TPSA) is 27.0 Å². The lowest BCUT2D eigenvalue weighted by Crippen LogP contribution is -2.46. The van der Waals surface area contributed by atoms with Gasteiger partial charge in [-0.25, -0.2) is 0 Å². The van der Waals surface area contributed by atoms with E-state index >= 15 is 0 Å². The molecule has 2 fully saturated rings. The van der Waals surface area contributed by atoms with Crippen LogP contribution >= 0.6 is 0 Å². The number of nitriles is 1. The van der Waals surface area contributed by atoms with Crippen LogP contribution in [0.4, 0.5) is 0 Å². The second-order valence-electron chi connectivity index (χ2n) is 5.13. The summed E-state index contributed by atoms with van der Waals surface area (Å²) in [4.78, 5) is 2.69. The molecule has 2 heteroatoms. The maximum absolute atomic E-state index is 8.72. The Morgan fingerprint density at radius 1 is 1.29 bits per heavy atom. The van der Waals surface area contributed by atoms with Crippen LogP contribution in [0.5, 0.6) is 0 Å². The molecule has 2 aliphatic heterocycles. The highest BCUT2D eigenvalue weighted by Crippen LogP contribution is 2.40. The highest BCUT2D eigenvalue weighted by atomic mass is 15.2. The van der Waals surface area contributed by atoms with Crippen molar-refractivity contribution in [1.82, 2.24) is 4.90 Å². The quantitative estimate of drug-likeness (QED) is 0.672. The van der Waals surface area contributed by atoms with Gasteiger partial charge in [-0.1, -0.05) is 0 Å². The smallest absolute Gasteiger partial charge is 0.0624 e. The molecule has 2 saturated heterocycles. The molecular weight excluding hydrogens is 172 g/mol. The minimum atomic E-state index is 0.687. The van der Waals surface area contributed by atoms with Crippen molar-refractivity contribution < 1.29 is 0 Å². The largest absolute Gasteiger partial charge is 0.295 e. The van der Waals surface area contributed by atoms with E-state index in [9.17, 15) is 0 Å². The number of piperidine rings is 1. The van der Waals surface area contributed by atoms with E-state index in [0.29, 0.717) is 12.0 Å². The fraction of sp³-hybridized carbons (Fsp3) is 0.917. The van der Waals surface area contributed by atoms with Crippen molar-refractivity contribution in [2.24, 2.45) is 5.92 Å². The Kier molecular flexibility index (Phi) is 2.78. The maximum atomic E-state index is 8.72. The summed E-state index contributed by atoms with van der Waals surface area (Å²) >= 11 is 0. The molecule has 0 radical (unpaired) electrons. The van der Waals surface area contributed by atoms with Crippen LogP contribution in [-0.2, 0) is 0 Å². The lowest BCUT2D eigenvalue weighted by atomic mass is 9.88. The van der Waals surface area contributed by atoms with Crippen LogP contribution in [0.2, 0.25) is 0 Å². The van der Waals surface area contributed by atoms with E-state index in [1.165, 1.54) is 25.7 Å². The van der Waals surface area contributed by atoms with E-state index in [0.717, 1.165) is 18.5 Å². The average molecular weight is 192 g/mol. The van der Waals surface area contributed by atoms with E-state index in [2.05, 4.69) is 24.8 Å². The molecule has 2 atom stereocenters.